The van der Waals surface area contributed by atoms with E-state index in [1.165, 1.54) is 0 Å². The maximum Gasteiger partial charge on any atom is 0.374 e. The number of halogens is 3. The molecule has 0 saturated heterocycles. The number of unbranched alkanes of at least 4 members (excludes halogenated alkanes) is 2. The van der Waals surface area contributed by atoms with Gasteiger partial charge in [-0.3, -0.25) is 0 Å². The van der Waals surface area contributed by atoms with Gasteiger partial charge in [0.1, 0.15) is 0 Å². The summed E-state index contributed by atoms with van der Waals surface area (Å²) in [6.07, 6.45) is 14.6. The zero-order chi connectivity index (χ0) is 23.2. The van der Waals surface area contributed by atoms with Crippen LogP contribution in [0.25, 0.3) is 17.2 Å². The van der Waals surface area contributed by atoms with E-state index in [-0.39, 0.29) is 17.0 Å². The minimum absolute atomic E-state index is 0. The molecule has 0 amide bonds. The Balaban J connectivity index is 0.00000324. The first-order chi connectivity index (χ1) is 16.1. The van der Waals surface area contributed by atoms with E-state index in [2.05, 4.69) is 67.3 Å². The van der Waals surface area contributed by atoms with Crippen molar-refractivity contribution in [3.63, 3.8) is 0 Å². The average Bonchev–Trinajstić information content (AvgIpc) is 3.32. The summed E-state index contributed by atoms with van der Waals surface area (Å²) in [5.41, 5.74) is 3.12. The first kappa shape index (κ1) is 26.8. The molecule has 0 unspecified atom stereocenters. The Kier molecular flexibility index (Phi) is 10.0. The fourth-order valence-electron chi connectivity index (χ4n) is 3.83. The van der Waals surface area contributed by atoms with E-state index in [0.29, 0.717) is 0 Å². The molecule has 0 spiro atoms. The predicted molar refractivity (Wildman–Crippen MR) is 142 cm³/mol. The Hall–Kier alpha value is -1.83. The Morgan fingerprint density at radius 2 is 1.71 bits per heavy atom. The molecule has 1 aliphatic heterocycles. The van der Waals surface area contributed by atoms with Crippen molar-refractivity contribution in [3.05, 3.63) is 81.4 Å². The lowest BCUT2D eigenvalue weighted by molar-refractivity contribution is -0.678. The highest BCUT2D eigenvalue weighted by Crippen LogP contribution is 2.40. The Bertz CT molecular complexity index is 1210. The van der Waals surface area contributed by atoms with Crippen molar-refractivity contribution < 1.29 is 30.7 Å². The van der Waals surface area contributed by atoms with Gasteiger partial charge in [-0.15, -0.1) is 0 Å². The van der Waals surface area contributed by atoms with Gasteiger partial charge in [0.25, 0.3) is 5.52 Å². The number of benzene rings is 2. The number of hydrogen-bond acceptors (Lipinski definition) is 3. The third-order valence-electron chi connectivity index (χ3n) is 5.56. The highest BCUT2D eigenvalue weighted by Gasteiger charge is 2.25. The molecular formula is C27H29Br3N2O2. The van der Waals surface area contributed by atoms with Crippen LogP contribution < -0.4 is 31.2 Å². The van der Waals surface area contributed by atoms with E-state index >= 15 is 0 Å². The second-order valence-electron chi connectivity index (χ2n) is 8.03. The Labute approximate surface area is 229 Å². The van der Waals surface area contributed by atoms with E-state index in [9.17, 15) is 0 Å². The molecule has 1 aliphatic rings. The lowest BCUT2D eigenvalue weighted by Crippen LogP contribution is -3.00. The van der Waals surface area contributed by atoms with Gasteiger partial charge in [0.15, 0.2) is 12.3 Å². The molecular weight excluding hydrogens is 624 g/mol. The number of oxazole rings is 1. The molecule has 1 aromatic heterocycles. The smallest absolute Gasteiger partial charge is 0.374 e. The summed E-state index contributed by atoms with van der Waals surface area (Å²) >= 11 is 7.15. The maximum absolute atomic E-state index is 6.11. The van der Waals surface area contributed by atoms with Crippen LogP contribution >= 0.6 is 31.9 Å². The van der Waals surface area contributed by atoms with E-state index in [4.69, 9.17) is 9.15 Å². The standard InChI is InChI=1S/C27H29Br2N2O2.BrH/c1-3-5-16-30-22-18-20(28)12-14-24(22)32-26(30)10-8-7-9-11-27-31(17-6-4-2)23-19-21(29)13-15-25(23)33-27;/h7-15,18-19H,3-6,16-17H2,1-2H3;1H/q+1;/p-1. The van der Waals surface area contributed by atoms with Crippen molar-refractivity contribution in [3.8, 4) is 5.75 Å². The van der Waals surface area contributed by atoms with Crippen LogP contribution in [0.3, 0.4) is 0 Å². The summed E-state index contributed by atoms with van der Waals surface area (Å²) in [5.74, 6) is 2.61. The normalized spacial score (nSPS) is 14.4. The van der Waals surface area contributed by atoms with Crippen molar-refractivity contribution in [1.29, 1.82) is 0 Å². The van der Waals surface area contributed by atoms with Crippen molar-refractivity contribution in [2.45, 2.75) is 46.1 Å². The van der Waals surface area contributed by atoms with Crippen LogP contribution in [0.5, 0.6) is 5.75 Å². The summed E-state index contributed by atoms with van der Waals surface area (Å²) in [5, 5.41) is 0. The molecule has 0 aliphatic carbocycles. The van der Waals surface area contributed by atoms with Crippen molar-refractivity contribution in [2.24, 2.45) is 0 Å². The van der Waals surface area contributed by atoms with E-state index in [0.717, 1.165) is 82.0 Å². The van der Waals surface area contributed by atoms with Gasteiger partial charge < -0.3 is 31.0 Å². The number of anilines is 1. The molecule has 0 fully saturated rings. The van der Waals surface area contributed by atoms with Gasteiger partial charge >= 0.3 is 5.89 Å². The van der Waals surface area contributed by atoms with E-state index in [1.807, 2.05) is 54.6 Å². The number of fused-ring (bicyclic) bond motifs is 2. The molecule has 180 valence electrons. The minimum atomic E-state index is 0. The lowest BCUT2D eigenvalue weighted by Gasteiger charge is -2.17. The maximum atomic E-state index is 6.11. The zero-order valence-electron chi connectivity index (χ0n) is 19.4. The largest absolute Gasteiger partial charge is 1.00 e. The van der Waals surface area contributed by atoms with Crippen molar-refractivity contribution in [2.75, 3.05) is 11.4 Å². The fraction of sp³-hybridized carbons (Fsp3) is 0.296. The SMILES string of the molecule is CCCCN1C(=CC=CC=Cc2oc3ccc(Br)cc3[n+]2CCCC)Oc2ccc(Br)cc21.[Br-]. The number of allylic oxidation sites excluding steroid dienone is 4. The second-order valence-corrected chi connectivity index (χ2v) is 9.86. The molecule has 2 heterocycles. The van der Waals surface area contributed by atoms with Crippen LogP contribution in [0.1, 0.15) is 45.4 Å². The monoisotopic (exact) mass is 650 g/mol. The van der Waals surface area contributed by atoms with Crippen LogP contribution in [0.15, 0.2) is 79.9 Å². The van der Waals surface area contributed by atoms with Crippen LogP contribution in [-0.2, 0) is 6.54 Å². The Morgan fingerprint density at radius 3 is 2.50 bits per heavy atom. The number of ether oxygens (including phenoxy) is 1. The molecule has 7 heteroatoms. The Morgan fingerprint density at radius 1 is 0.941 bits per heavy atom. The molecule has 4 nitrogen and oxygen atoms in total. The predicted octanol–water partition coefficient (Wildman–Crippen LogP) is 5.16. The molecule has 3 aromatic rings. The van der Waals surface area contributed by atoms with Crippen LogP contribution in [0, 0.1) is 0 Å². The topological polar surface area (TPSA) is 29.5 Å². The molecule has 0 saturated carbocycles. The van der Waals surface area contributed by atoms with Crippen LogP contribution in [0.2, 0.25) is 0 Å². The van der Waals surface area contributed by atoms with Crippen LogP contribution in [-0.4, -0.2) is 6.54 Å². The first-order valence-electron chi connectivity index (χ1n) is 11.5. The molecule has 2 aromatic carbocycles. The van der Waals surface area contributed by atoms with Gasteiger partial charge in [-0.25, -0.2) is 0 Å². The number of aryl methyl sites for hydroxylation is 1. The van der Waals surface area contributed by atoms with Gasteiger partial charge in [-0.1, -0.05) is 76.8 Å². The third kappa shape index (κ3) is 6.23. The zero-order valence-corrected chi connectivity index (χ0v) is 24.2. The average molecular weight is 653 g/mol. The second kappa shape index (κ2) is 12.8. The van der Waals surface area contributed by atoms with Crippen molar-refractivity contribution in [1.82, 2.24) is 0 Å². The summed E-state index contributed by atoms with van der Waals surface area (Å²) in [7, 11) is 0. The quantitative estimate of drug-likeness (QED) is 0.236. The summed E-state index contributed by atoms with van der Waals surface area (Å²) < 4.78 is 16.6. The molecule has 0 atom stereocenters. The summed E-state index contributed by atoms with van der Waals surface area (Å²) in [4.78, 5) is 2.24. The first-order valence-corrected chi connectivity index (χ1v) is 13.1. The molecule has 0 N–H and O–H groups in total. The van der Waals surface area contributed by atoms with Gasteiger partial charge in [0.2, 0.25) is 11.5 Å². The molecule has 34 heavy (non-hydrogen) atoms. The van der Waals surface area contributed by atoms with Gasteiger partial charge in [0.05, 0.1) is 11.8 Å². The number of hydrogen-bond donors (Lipinski definition) is 0. The fourth-order valence-corrected chi connectivity index (χ4v) is 4.53. The molecule has 0 bridgehead atoms. The molecule has 4 rings (SSSR count). The number of rotatable bonds is 9. The van der Waals surface area contributed by atoms with Crippen LogP contribution in [0.4, 0.5) is 5.69 Å². The number of aromatic nitrogens is 1. The third-order valence-corrected chi connectivity index (χ3v) is 6.54. The van der Waals surface area contributed by atoms with E-state index in [1.54, 1.807) is 0 Å². The lowest BCUT2D eigenvalue weighted by atomic mass is 10.2. The minimum Gasteiger partial charge on any atom is -1.00 e. The summed E-state index contributed by atoms with van der Waals surface area (Å²) in [6, 6.07) is 12.3. The van der Waals surface area contributed by atoms with Crippen molar-refractivity contribution >= 4 is 54.7 Å². The summed E-state index contributed by atoms with van der Waals surface area (Å²) in [6.45, 7) is 6.27. The highest BCUT2D eigenvalue weighted by molar-refractivity contribution is 9.10. The highest BCUT2D eigenvalue weighted by atomic mass is 79.9. The van der Waals surface area contributed by atoms with Gasteiger partial charge in [0, 0.05) is 28.0 Å². The molecule has 0 radical (unpaired) electrons. The number of nitrogens with zero attached hydrogens (tertiary/aromatic N) is 2. The van der Waals surface area contributed by atoms with Gasteiger partial charge in [-0.2, -0.15) is 4.57 Å². The van der Waals surface area contributed by atoms with Gasteiger partial charge in [-0.05, 0) is 42.8 Å². The van der Waals surface area contributed by atoms with E-state index < -0.39 is 0 Å².